The van der Waals surface area contributed by atoms with Crippen molar-refractivity contribution in [3.63, 3.8) is 0 Å². The van der Waals surface area contributed by atoms with E-state index in [1.165, 1.54) is 19.6 Å². The van der Waals surface area contributed by atoms with Gasteiger partial charge in [0.1, 0.15) is 0 Å². The van der Waals surface area contributed by atoms with Crippen LogP contribution in [-0.2, 0) is 0 Å². The SMILES string of the molecule is CCC(O)CSc1ccc(Sc2ccc(SCC(O)CSCCSC)cc2)cc1. The fraction of sp³-hybridized carbons (Fsp3) is 0.455. The number of rotatable bonds is 14. The van der Waals surface area contributed by atoms with Crippen molar-refractivity contribution in [2.75, 3.05) is 35.0 Å². The highest BCUT2D eigenvalue weighted by Crippen LogP contribution is 2.31. The summed E-state index contributed by atoms with van der Waals surface area (Å²) in [5.74, 6) is 4.55. The molecule has 160 valence electrons. The Kier molecular flexibility index (Phi) is 13.1. The molecule has 0 saturated carbocycles. The molecule has 2 atom stereocenters. The molecule has 0 heterocycles. The summed E-state index contributed by atoms with van der Waals surface area (Å²) < 4.78 is 0. The average Bonchev–Trinajstić information content (AvgIpc) is 2.75. The maximum Gasteiger partial charge on any atom is 0.0724 e. The first-order chi connectivity index (χ1) is 14.1. The minimum absolute atomic E-state index is 0.231. The Balaban J connectivity index is 1.74. The van der Waals surface area contributed by atoms with Gasteiger partial charge in [0.2, 0.25) is 0 Å². The van der Waals surface area contributed by atoms with Gasteiger partial charge in [0.25, 0.3) is 0 Å². The molecule has 2 aromatic rings. The first-order valence-electron chi connectivity index (χ1n) is 9.67. The van der Waals surface area contributed by atoms with E-state index in [-0.39, 0.29) is 12.2 Å². The van der Waals surface area contributed by atoms with Gasteiger partial charge in [-0.2, -0.15) is 23.5 Å². The van der Waals surface area contributed by atoms with Crippen LogP contribution in [-0.4, -0.2) is 57.4 Å². The lowest BCUT2D eigenvalue weighted by atomic mass is 10.3. The Morgan fingerprint density at radius 2 is 1.17 bits per heavy atom. The third-order valence-electron chi connectivity index (χ3n) is 3.98. The highest BCUT2D eigenvalue weighted by Gasteiger charge is 2.06. The van der Waals surface area contributed by atoms with Crippen molar-refractivity contribution in [3.8, 4) is 0 Å². The second-order valence-corrected chi connectivity index (χ2v) is 11.9. The minimum atomic E-state index is -0.254. The van der Waals surface area contributed by atoms with Crippen molar-refractivity contribution < 1.29 is 10.2 Å². The van der Waals surface area contributed by atoms with Crippen molar-refractivity contribution in [2.45, 2.75) is 45.1 Å². The number of hydrogen-bond acceptors (Lipinski definition) is 7. The molecule has 0 aromatic heterocycles. The summed E-state index contributed by atoms with van der Waals surface area (Å²) in [6.07, 6.45) is 2.43. The van der Waals surface area contributed by atoms with Gasteiger partial charge in [0.05, 0.1) is 12.2 Å². The van der Waals surface area contributed by atoms with E-state index in [1.807, 2.05) is 30.4 Å². The Bertz CT molecular complexity index is 679. The molecule has 0 amide bonds. The molecular weight excluding hydrogens is 457 g/mol. The largest absolute Gasteiger partial charge is 0.392 e. The van der Waals surface area contributed by atoms with Crippen LogP contribution in [0, 0.1) is 0 Å². The molecule has 0 aliphatic heterocycles. The number of aliphatic hydroxyl groups is 2. The van der Waals surface area contributed by atoms with Crippen molar-refractivity contribution in [3.05, 3.63) is 48.5 Å². The van der Waals surface area contributed by atoms with Gasteiger partial charge in [-0.05, 0) is 61.2 Å². The van der Waals surface area contributed by atoms with E-state index in [0.717, 1.165) is 35.2 Å². The van der Waals surface area contributed by atoms with Crippen molar-refractivity contribution >= 4 is 58.8 Å². The Labute approximate surface area is 196 Å². The maximum atomic E-state index is 10.1. The maximum absolute atomic E-state index is 10.1. The molecule has 2 aromatic carbocycles. The molecule has 0 fully saturated rings. The van der Waals surface area contributed by atoms with Crippen LogP contribution in [0.4, 0.5) is 0 Å². The van der Waals surface area contributed by atoms with Crippen molar-refractivity contribution in [1.82, 2.24) is 0 Å². The first-order valence-corrected chi connectivity index (χ1v) is 15.0. The fourth-order valence-corrected chi connectivity index (χ4v) is 6.70. The van der Waals surface area contributed by atoms with Crippen LogP contribution < -0.4 is 0 Å². The van der Waals surface area contributed by atoms with E-state index < -0.39 is 0 Å². The number of thioether (sulfide) groups is 4. The Morgan fingerprint density at radius 1 is 0.690 bits per heavy atom. The lowest BCUT2D eigenvalue weighted by Gasteiger charge is -2.10. The summed E-state index contributed by atoms with van der Waals surface area (Å²) in [4.78, 5) is 4.82. The second-order valence-electron chi connectivity index (χ2n) is 6.45. The first kappa shape index (κ1) is 25.4. The monoisotopic (exact) mass is 486 g/mol. The second kappa shape index (κ2) is 15.0. The van der Waals surface area contributed by atoms with E-state index in [2.05, 4.69) is 54.8 Å². The molecule has 0 spiro atoms. The molecule has 2 rings (SSSR count). The van der Waals surface area contributed by atoms with Gasteiger partial charge in [-0.3, -0.25) is 0 Å². The highest BCUT2D eigenvalue weighted by atomic mass is 32.2. The normalized spacial score (nSPS) is 13.4. The lowest BCUT2D eigenvalue weighted by molar-refractivity contribution is 0.195. The molecule has 0 aliphatic carbocycles. The van der Waals surface area contributed by atoms with E-state index in [0.29, 0.717) is 0 Å². The zero-order valence-corrected chi connectivity index (χ0v) is 21.0. The summed E-state index contributed by atoms with van der Waals surface area (Å²) in [6.45, 7) is 2.00. The third kappa shape index (κ3) is 10.8. The van der Waals surface area contributed by atoms with Crippen LogP contribution in [0.25, 0.3) is 0 Å². The van der Waals surface area contributed by atoms with Gasteiger partial charge < -0.3 is 10.2 Å². The highest BCUT2D eigenvalue weighted by molar-refractivity contribution is 8.02. The van der Waals surface area contributed by atoms with Gasteiger partial charge >= 0.3 is 0 Å². The summed E-state index contributed by atoms with van der Waals surface area (Å²) in [5.41, 5.74) is 0. The van der Waals surface area contributed by atoms with Crippen LogP contribution >= 0.6 is 58.8 Å². The van der Waals surface area contributed by atoms with Gasteiger partial charge in [0.15, 0.2) is 0 Å². The fourth-order valence-electron chi connectivity index (χ4n) is 2.26. The molecule has 29 heavy (non-hydrogen) atoms. The zero-order chi connectivity index (χ0) is 20.9. The van der Waals surface area contributed by atoms with E-state index in [4.69, 9.17) is 0 Å². The summed E-state index contributed by atoms with van der Waals surface area (Å²) in [5, 5.41) is 19.8. The predicted octanol–water partition coefficient (Wildman–Crippen LogP) is 6.25. The molecule has 2 nitrogen and oxygen atoms in total. The van der Waals surface area contributed by atoms with Crippen molar-refractivity contribution in [2.24, 2.45) is 0 Å². The Hall–Kier alpha value is 0.110. The molecule has 0 aliphatic rings. The van der Waals surface area contributed by atoms with Crippen LogP contribution in [0.1, 0.15) is 13.3 Å². The number of benzene rings is 2. The summed E-state index contributed by atoms with van der Waals surface area (Å²) in [6, 6.07) is 17.1. The third-order valence-corrected chi connectivity index (χ3v) is 9.29. The number of hydrogen-bond donors (Lipinski definition) is 2. The van der Waals surface area contributed by atoms with E-state index in [9.17, 15) is 10.2 Å². The topological polar surface area (TPSA) is 40.5 Å². The van der Waals surface area contributed by atoms with Gasteiger partial charge in [-0.15, -0.1) is 23.5 Å². The standard InChI is InChI=1S/C22H30O2S5/c1-3-17(23)15-27-19-4-8-21(9-5-19)29-22-10-6-20(7-11-22)28-16-18(24)14-26-13-12-25-2/h4-11,17-18,23-24H,3,12-16H2,1-2H3. The molecule has 2 N–H and O–H groups in total. The van der Waals surface area contributed by atoms with Gasteiger partial charge in [0, 0.05) is 48.3 Å². The van der Waals surface area contributed by atoms with Crippen molar-refractivity contribution in [1.29, 1.82) is 0 Å². The minimum Gasteiger partial charge on any atom is -0.392 e. The molecule has 0 saturated heterocycles. The smallest absolute Gasteiger partial charge is 0.0724 e. The van der Waals surface area contributed by atoms with Crippen LogP contribution in [0.2, 0.25) is 0 Å². The molecule has 2 unspecified atom stereocenters. The lowest BCUT2D eigenvalue weighted by Crippen LogP contribution is -2.13. The predicted molar refractivity (Wildman–Crippen MR) is 136 cm³/mol. The zero-order valence-electron chi connectivity index (χ0n) is 17.0. The van der Waals surface area contributed by atoms with Gasteiger partial charge in [-0.25, -0.2) is 0 Å². The number of aliphatic hydroxyl groups excluding tert-OH is 2. The quantitative estimate of drug-likeness (QED) is 0.241. The van der Waals surface area contributed by atoms with E-state index >= 15 is 0 Å². The molecule has 0 bridgehead atoms. The van der Waals surface area contributed by atoms with E-state index in [1.54, 1.807) is 35.3 Å². The van der Waals surface area contributed by atoms with Gasteiger partial charge in [-0.1, -0.05) is 18.7 Å². The molecule has 7 heteroatoms. The summed E-state index contributed by atoms with van der Waals surface area (Å²) in [7, 11) is 0. The summed E-state index contributed by atoms with van der Waals surface area (Å²) >= 11 is 8.85. The molecular formula is C22H30O2S5. The van der Waals surface area contributed by atoms with Crippen LogP contribution in [0.5, 0.6) is 0 Å². The van der Waals surface area contributed by atoms with Crippen LogP contribution in [0.15, 0.2) is 68.1 Å². The molecule has 0 radical (unpaired) electrons. The average molecular weight is 487 g/mol. The van der Waals surface area contributed by atoms with Crippen LogP contribution in [0.3, 0.4) is 0 Å². The Morgan fingerprint density at radius 3 is 1.66 bits per heavy atom.